The number of hydrogen-bond donors (Lipinski definition) is 1. The molecular formula is C20H28N4O2S. The van der Waals surface area contributed by atoms with Crippen molar-refractivity contribution in [1.82, 2.24) is 20.3 Å². The van der Waals surface area contributed by atoms with Crippen LogP contribution in [0.3, 0.4) is 0 Å². The molecule has 1 saturated heterocycles. The van der Waals surface area contributed by atoms with Crippen molar-refractivity contribution in [1.29, 1.82) is 0 Å². The molecule has 0 aliphatic carbocycles. The summed E-state index contributed by atoms with van der Waals surface area (Å²) in [5.74, 6) is 1.01. The van der Waals surface area contributed by atoms with Crippen LogP contribution >= 0.6 is 11.3 Å². The Morgan fingerprint density at radius 2 is 2.22 bits per heavy atom. The Morgan fingerprint density at radius 1 is 1.37 bits per heavy atom. The molecule has 0 unspecified atom stereocenters. The summed E-state index contributed by atoms with van der Waals surface area (Å²) in [6.07, 6.45) is 1.98. The van der Waals surface area contributed by atoms with Gasteiger partial charge in [-0.25, -0.2) is 0 Å². The molecule has 2 aromatic rings. The van der Waals surface area contributed by atoms with Gasteiger partial charge in [-0.3, -0.25) is 9.69 Å². The van der Waals surface area contributed by atoms with Gasteiger partial charge in [0.1, 0.15) is 5.76 Å². The molecule has 1 atom stereocenters. The summed E-state index contributed by atoms with van der Waals surface area (Å²) >= 11 is 1.72. The lowest BCUT2D eigenvalue weighted by Gasteiger charge is -2.27. The molecule has 2 aromatic heterocycles. The number of nitrogens with zero attached hydrogens (tertiary/aromatic N) is 3. The number of aromatic nitrogens is 1. The topological polar surface area (TPSA) is 61.6 Å². The minimum atomic E-state index is 0.106. The molecule has 1 fully saturated rings. The maximum Gasteiger partial charge on any atom is 0.252 e. The quantitative estimate of drug-likeness (QED) is 0.853. The molecule has 1 N–H and O–H groups in total. The van der Waals surface area contributed by atoms with Gasteiger partial charge < -0.3 is 14.7 Å². The number of carbonyl (C=O) groups is 1. The third kappa shape index (κ3) is 3.81. The number of fused-ring (bicyclic) bond motifs is 1. The molecule has 0 saturated carbocycles. The maximum absolute atomic E-state index is 12.8. The van der Waals surface area contributed by atoms with Crippen molar-refractivity contribution in [3.05, 3.63) is 38.4 Å². The van der Waals surface area contributed by atoms with Gasteiger partial charge in [0, 0.05) is 54.6 Å². The molecule has 146 valence electrons. The molecule has 2 aliphatic rings. The van der Waals surface area contributed by atoms with Crippen LogP contribution in [0.25, 0.3) is 0 Å². The fourth-order valence-corrected chi connectivity index (χ4v) is 5.28. The summed E-state index contributed by atoms with van der Waals surface area (Å²) in [6, 6.07) is 0.285. The van der Waals surface area contributed by atoms with E-state index in [4.69, 9.17) is 4.52 Å². The lowest BCUT2D eigenvalue weighted by molar-refractivity contribution is 0.0936. The highest BCUT2D eigenvalue weighted by Gasteiger charge is 2.28. The summed E-state index contributed by atoms with van der Waals surface area (Å²) in [5.41, 5.74) is 4.30. The summed E-state index contributed by atoms with van der Waals surface area (Å²) in [6.45, 7) is 12.0. The zero-order chi connectivity index (χ0) is 19.0. The van der Waals surface area contributed by atoms with Gasteiger partial charge in [-0.15, -0.1) is 11.3 Å². The molecule has 7 heteroatoms. The van der Waals surface area contributed by atoms with E-state index in [1.807, 2.05) is 19.2 Å². The lowest BCUT2D eigenvalue weighted by atomic mass is 10.0. The van der Waals surface area contributed by atoms with Crippen LogP contribution in [0.5, 0.6) is 0 Å². The molecule has 2 aliphatic heterocycles. The molecule has 0 spiro atoms. The van der Waals surface area contributed by atoms with E-state index in [0.717, 1.165) is 69.1 Å². The number of aryl methyl sites for hydroxylation is 2. The van der Waals surface area contributed by atoms with Gasteiger partial charge in [0.15, 0.2) is 0 Å². The smallest absolute Gasteiger partial charge is 0.252 e. The number of rotatable bonds is 5. The van der Waals surface area contributed by atoms with Crippen LogP contribution in [0, 0.1) is 13.8 Å². The first-order valence-electron chi connectivity index (χ1n) is 9.81. The van der Waals surface area contributed by atoms with Gasteiger partial charge in [0.05, 0.1) is 11.3 Å². The van der Waals surface area contributed by atoms with Gasteiger partial charge in [-0.1, -0.05) is 12.1 Å². The summed E-state index contributed by atoms with van der Waals surface area (Å²) in [4.78, 5) is 18.9. The van der Waals surface area contributed by atoms with Crippen molar-refractivity contribution in [2.45, 2.75) is 52.7 Å². The summed E-state index contributed by atoms with van der Waals surface area (Å²) < 4.78 is 5.29. The average Bonchev–Trinajstić information content (AvgIpc) is 3.36. The minimum Gasteiger partial charge on any atom is -0.361 e. The van der Waals surface area contributed by atoms with Gasteiger partial charge in [0.25, 0.3) is 5.91 Å². The minimum absolute atomic E-state index is 0.106. The molecule has 0 aromatic carbocycles. The van der Waals surface area contributed by atoms with E-state index in [0.29, 0.717) is 0 Å². The van der Waals surface area contributed by atoms with Crippen LogP contribution in [0.15, 0.2) is 9.90 Å². The van der Waals surface area contributed by atoms with Crippen LogP contribution in [0.4, 0.5) is 0 Å². The monoisotopic (exact) mass is 388 g/mol. The first-order chi connectivity index (χ1) is 13.0. The summed E-state index contributed by atoms with van der Waals surface area (Å²) in [7, 11) is 0. The Morgan fingerprint density at radius 3 is 2.93 bits per heavy atom. The van der Waals surface area contributed by atoms with Gasteiger partial charge in [0.2, 0.25) is 0 Å². The van der Waals surface area contributed by atoms with Crippen LogP contribution < -0.4 is 5.32 Å². The van der Waals surface area contributed by atoms with Crippen molar-refractivity contribution in [2.75, 3.05) is 26.2 Å². The van der Waals surface area contributed by atoms with Gasteiger partial charge in [-0.2, -0.15) is 0 Å². The number of likely N-dealkylation sites (N-methyl/N-ethyl adjacent to an activating group) is 1. The van der Waals surface area contributed by atoms with Gasteiger partial charge >= 0.3 is 0 Å². The zero-order valence-corrected chi connectivity index (χ0v) is 17.2. The number of likely N-dealkylation sites (tertiary alicyclic amines) is 1. The lowest BCUT2D eigenvalue weighted by Crippen LogP contribution is -2.38. The van der Waals surface area contributed by atoms with E-state index >= 15 is 0 Å². The molecule has 4 rings (SSSR count). The molecule has 6 nitrogen and oxygen atoms in total. The van der Waals surface area contributed by atoms with E-state index in [9.17, 15) is 4.79 Å². The van der Waals surface area contributed by atoms with E-state index in [-0.39, 0.29) is 11.9 Å². The molecule has 1 amide bonds. The number of carbonyl (C=O) groups excluding carboxylic acids is 1. The fourth-order valence-electron chi connectivity index (χ4n) is 4.16. The normalized spacial score (nSPS) is 20.8. The predicted molar refractivity (Wildman–Crippen MR) is 106 cm³/mol. The second-order valence-corrected chi connectivity index (χ2v) is 8.63. The van der Waals surface area contributed by atoms with Crippen molar-refractivity contribution in [3.63, 3.8) is 0 Å². The third-order valence-corrected chi connectivity index (χ3v) is 6.90. The fraction of sp³-hybridized carbons (Fsp3) is 0.600. The van der Waals surface area contributed by atoms with Crippen molar-refractivity contribution >= 4 is 17.2 Å². The van der Waals surface area contributed by atoms with Crippen LogP contribution in [-0.2, 0) is 19.5 Å². The number of nitrogens with one attached hydrogen (secondary N) is 1. The Hall–Kier alpha value is -1.70. The van der Waals surface area contributed by atoms with Crippen LogP contribution in [-0.4, -0.2) is 53.1 Å². The highest BCUT2D eigenvalue weighted by atomic mass is 32.1. The van der Waals surface area contributed by atoms with Crippen molar-refractivity contribution in [2.24, 2.45) is 0 Å². The van der Waals surface area contributed by atoms with Crippen LogP contribution in [0.1, 0.15) is 51.2 Å². The average molecular weight is 389 g/mol. The molecule has 4 heterocycles. The van der Waals surface area contributed by atoms with E-state index in [2.05, 4.69) is 27.2 Å². The Balaban J connectivity index is 1.40. The zero-order valence-electron chi connectivity index (χ0n) is 16.4. The first-order valence-corrected chi connectivity index (χ1v) is 10.7. The van der Waals surface area contributed by atoms with Crippen molar-refractivity contribution < 1.29 is 9.32 Å². The third-order valence-electron chi connectivity index (χ3n) is 5.89. The van der Waals surface area contributed by atoms with E-state index in [1.54, 1.807) is 11.3 Å². The van der Waals surface area contributed by atoms with E-state index in [1.165, 1.54) is 16.0 Å². The SMILES string of the molecule is CCN1CC[C@H](NC(=O)c2csc3c2CCN(Cc2c(C)noc2C)C3)C1. The Bertz CT molecular complexity index is 809. The predicted octanol–water partition coefficient (Wildman–Crippen LogP) is 2.74. The molecule has 27 heavy (non-hydrogen) atoms. The van der Waals surface area contributed by atoms with E-state index < -0.39 is 0 Å². The maximum atomic E-state index is 12.8. The number of hydrogen-bond acceptors (Lipinski definition) is 6. The largest absolute Gasteiger partial charge is 0.361 e. The van der Waals surface area contributed by atoms with Crippen molar-refractivity contribution in [3.8, 4) is 0 Å². The number of thiophene rings is 1. The summed E-state index contributed by atoms with van der Waals surface area (Å²) in [5, 5.41) is 9.36. The Kier molecular flexibility index (Phi) is 5.34. The standard InChI is InChI=1S/C20H28N4O2S/c1-4-23-7-5-15(9-23)21-20(25)18-12-27-19-11-24(8-6-16(18)19)10-17-13(2)22-26-14(17)3/h12,15H,4-11H2,1-3H3,(H,21,25)/t15-/m0/s1. The second-order valence-electron chi connectivity index (χ2n) is 7.67. The molecular weight excluding hydrogens is 360 g/mol. The van der Waals surface area contributed by atoms with Gasteiger partial charge in [-0.05, 0) is 38.8 Å². The molecule has 0 radical (unpaired) electrons. The van der Waals surface area contributed by atoms with Crippen LogP contribution in [0.2, 0.25) is 0 Å². The first kappa shape index (κ1) is 18.7. The Labute approximate surface area is 164 Å². The molecule has 0 bridgehead atoms. The highest BCUT2D eigenvalue weighted by molar-refractivity contribution is 7.10. The highest BCUT2D eigenvalue weighted by Crippen LogP contribution is 2.30. The second kappa shape index (κ2) is 7.73. The number of amides is 1.